The molecule has 7 heteroatoms. The molecule has 3 heterocycles. The molecule has 1 amide bonds. The van der Waals surface area contributed by atoms with Gasteiger partial charge >= 0.3 is 0 Å². The molecule has 172 valence electrons. The highest BCUT2D eigenvalue weighted by atomic mass is 16.5. The van der Waals surface area contributed by atoms with Gasteiger partial charge in [0, 0.05) is 63.7 Å². The molecule has 0 unspecified atom stereocenters. The Morgan fingerprint density at radius 3 is 2.62 bits per heavy atom. The number of amides is 1. The van der Waals surface area contributed by atoms with Gasteiger partial charge in [-0.05, 0) is 68.6 Å². The summed E-state index contributed by atoms with van der Waals surface area (Å²) >= 11 is 0. The smallest absolute Gasteiger partial charge is 0.225 e. The van der Waals surface area contributed by atoms with Crippen LogP contribution in [0.15, 0.2) is 30.7 Å². The van der Waals surface area contributed by atoms with Crippen LogP contribution in [-0.4, -0.2) is 54.2 Å². The fourth-order valence-electron chi connectivity index (χ4n) is 4.82. The number of carbonyl (C=O) groups is 1. The Kier molecular flexibility index (Phi) is 7.68. The molecule has 2 fully saturated rings. The molecule has 4 rings (SSSR count). The van der Waals surface area contributed by atoms with Crippen LogP contribution in [0.2, 0.25) is 0 Å². The van der Waals surface area contributed by atoms with E-state index in [4.69, 9.17) is 9.72 Å². The summed E-state index contributed by atoms with van der Waals surface area (Å²) in [6, 6.07) is 4.05. The monoisotopic (exact) mass is 437 g/mol. The van der Waals surface area contributed by atoms with Gasteiger partial charge in [0.05, 0.1) is 11.8 Å². The molecule has 0 radical (unpaired) electrons. The predicted octanol–water partition coefficient (Wildman–Crippen LogP) is 3.95. The second-order valence-corrected chi connectivity index (χ2v) is 9.29. The molecule has 0 spiro atoms. The molecule has 1 atom stereocenters. The molecule has 1 saturated heterocycles. The number of aromatic nitrogens is 3. The van der Waals surface area contributed by atoms with Gasteiger partial charge in [-0.15, -0.1) is 0 Å². The topological polar surface area (TPSA) is 80.2 Å². The van der Waals surface area contributed by atoms with E-state index < -0.39 is 0 Å². The van der Waals surface area contributed by atoms with Crippen LogP contribution in [0.1, 0.15) is 63.0 Å². The van der Waals surface area contributed by atoms with Crippen molar-refractivity contribution in [2.24, 2.45) is 5.92 Å². The van der Waals surface area contributed by atoms with E-state index >= 15 is 0 Å². The number of nitrogens with zero attached hydrogens (tertiary/aromatic N) is 4. The van der Waals surface area contributed by atoms with Crippen LogP contribution in [0, 0.1) is 5.92 Å². The molecular weight excluding hydrogens is 402 g/mol. The number of ether oxygens (including phenoxy) is 1. The van der Waals surface area contributed by atoms with Gasteiger partial charge in [0.1, 0.15) is 0 Å². The van der Waals surface area contributed by atoms with E-state index in [1.807, 2.05) is 49.7 Å². The zero-order valence-corrected chi connectivity index (χ0v) is 19.3. The number of pyridine rings is 1. The van der Waals surface area contributed by atoms with Crippen LogP contribution >= 0.6 is 0 Å². The van der Waals surface area contributed by atoms with Gasteiger partial charge in [-0.3, -0.25) is 9.78 Å². The zero-order valence-electron chi connectivity index (χ0n) is 19.3. The molecule has 1 aliphatic carbocycles. The van der Waals surface area contributed by atoms with Gasteiger partial charge in [0.2, 0.25) is 11.9 Å². The summed E-state index contributed by atoms with van der Waals surface area (Å²) in [5.74, 6) is 1.86. The first-order valence-electron chi connectivity index (χ1n) is 11.9. The van der Waals surface area contributed by atoms with Crippen LogP contribution in [0.25, 0.3) is 11.1 Å². The molecule has 2 aliphatic rings. The van der Waals surface area contributed by atoms with Crippen molar-refractivity contribution >= 4 is 11.9 Å². The van der Waals surface area contributed by atoms with Gasteiger partial charge in [-0.1, -0.05) is 0 Å². The average Bonchev–Trinajstić information content (AvgIpc) is 3.36. The molecule has 0 bridgehead atoms. The highest BCUT2D eigenvalue weighted by Gasteiger charge is 2.27. The van der Waals surface area contributed by atoms with Gasteiger partial charge in [-0.2, -0.15) is 0 Å². The summed E-state index contributed by atoms with van der Waals surface area (Å²) in [6.45, 7) is 1.63. The fraction of sp³-hybridized carbons (Fsp3) is 0.600. The Bertz CT molecular complexity index is 875. The minimum atomic E-state index is 0.161. The quantitative estimate of drug-likeness (QED) is 0.673. The summed E-state index contributed by atoms with van der Waals surface area (Å²) in [6.07, 6.45) is 13.9. The Hall–Kier alpha value is -2.54. The molecule has 32 heavy (non-hydrogen) atoms. The van der Waals surface area contributed by atoms with Crippen LogP contribution < -0.4 is 10.2 Å². The maximum absolute atomic E-state index is 12.2. The molecule has 1 aliphatic heterocycles. The van der Waals surface area contributed by atoms with Gasteiger partial charge in [0.15, 0.2) is 0 Å². The molecule has 2 aromatic rings. The van der Waals surface area contributed by atoms with Crippen LogP contribution in [0.4, 0.5) is 5.95 Å². The molecule has 7 nitrogen and oxygen atoms in total. The van der Waals surface area contributed by atoms with Crippen molar-refractivity contribution in [2.75, 3.05) is 32.1 Å². The lowest BCUT2D eigenvalue weighted by Gasteiger charge is -2.30. The Labute approximate surface area is 191 Å². The summed E-state index contributed by atoms with van der Waals surface area (Å²) < 4.78 is 5.62. The summed E-state index contributed by atoms with van der Waals surface area (Å²) in [4.78, 5) is 27.8. The van der Waals surface area contributed by atoms with Crippen molar-refractivity contribution < 1.29 is 9.53 Å². The largest absolute Gasteiger partial charge is 0.378 e. The maximum atomic E-state index is 12.2. The van der Waals surface area contributed by atoms with Crippen molar-refractivity contribution in [1.82, 2.24) is 20.3 Å². The summed E-state index contributed by atoms with van der Waals surface area (Å²) in [7, 11) is 3.95. The van der Waals surface area contributed by atoms with Gasteiger partial charge in [0.25, 0.3) is 0 Å². The van der Waals surface area contributed by atoms with Crippen molar-refractivity contribution in [3.8, 4) is 11.1 Å². The van der Waals surface area contributed by atoms with Gasteiger partial charge in [-0.25, -0.2) is 9.97 Å². The normalized spacial score (nSPS) is 23.1. The van der Waals surface area contributed by atoms with E-state index in [0.29, 0.717) is 18.3 Å². The van der Waals surface area contributed by atoms with Crippen molar-refractivity contribution in [3.05, 3.63) is 36.4 Å². The average molecular weight is 438 g/mol. The SMILES string of the molecule is CN(C)c1ncc(-c2ccncc2)c(C2CCC(CNC(=O)CC[C@H]3CCCO3)CC2)n1. The maximum Gasteiger partial charge on any atom is 0.225 e. The number of hydrogen-bond donors (Lipinski definition) is 1. The summed E-state index contributed by atoms with van der Waals surface area (Å²) in [5, 5.41) is 3.16. The van der Waals surface area contributed by atoms with E-state index in [1.165, 1.54) is 0 Å². The lowest BCUT2D eigenvalue weighted by Crippen LogP contribution is -2.31. The number of rotatable bonds is 8. The van der Waals surface area contributed by atoms with Crippen LogP contribution in [-0.2, 0) is 9.53 Å². The third-order valence-electron chi connectivity index (χ3n) is 6.74. The van der Waals surface area contributed by atoms with E-state index in [2.05, 4.69) is 15.3 Å². The van der Waals surface area contributed by atoms with Crippen LogP contribution in [0.3, 0.4) is 0 Å². The summed E-state index contributed by atoms with van der Waals surface area (Å²) in [5.41, 5.74) is 3.35. The van der Waals surface area contributed by atoms with Crippen molar-refractivity contribution in [2.45, 2.75) is 63.4 Å². The first-order chi connectivity index (χ1) is 15.6. The Balaban J connectivity index is 1.33. The second kappa shape index (κ2) is 10.9. The first kappa shape index (κ1) is 22.6. The standard InChI is InChI=1S/C25H35N5O2/c1-30(2)25-28-17-22(19-11-13-26-14-12-19)24(29-25)20-7-5-18(6-8-20)16-27-23(31)10-9-21-4-3-15-32-21/h11-14,17-18,20-21H,3-10,15-16H2,1-2H3,(H,27,31)/t18?,20?,21-/m1/s1. The second-order valence-electron chi connectivity index (χ2n) is 9.29. The molecule has 1 saturated carbocycles. The Morgan fingerprint density at radius 1 is 1.16 bits per heavy atom. The minimum absolute atomic E-state index is 0.161. The number of nitrogens with one attached hydrogen (secondary N) is 1. The van der Waals surface area contributed by atoms with Crippen molar-refractivity contribution in [1.29, 1.82) is 0 Å². The minimum Gasteiger partial charge on any atom is -0.378 e. The van der Waals surface area contributed by atoms with E-state index in [0.717, 1.165) is 80.9 Å². The third-order valence-corrected chi connectivity index (χ3v) is 6.74. The molecular formula is C25H35N5O2. The van der Waals surface area contributed by atoms with E-state index in [9.17, 15) is 4.79 Å². The number of carbonyl (C=O) groups excluding carboxylic acids is 1. The molecule has 1 N–H and O–H groups in total. The van der Waals surface area contributed by atoms with Crippen molar-refractivity contribution in [3.63, 3.8) is 0 Å². The number of anilines is 1. The van der Waals surface area contributed by atoms with E-state index in [1.54, 1.807) is 0 Å². The molecule has 2 aromatic heterocycles. The highest BCUT2D eigenvalue weighted by Crippen LogP contribution is 2.39. The van der Waals surface area contributed by atoms with Crippen LogP contribution in [0.5, 0.6) is 0 Å². The van der Waals surface area contributed by atoms with E-state index in [-0.39, 0.29) is 12.0 Å². The lowest BCUT2D eigenvalue weighted by atomic mass is 9.79. The number of hydrogen-bond acceptors (Lipinski definition) is 6. The highest BCUT2D eigenvalue weighted by molar-refractivity contribution is 5.75. The van der Waals surface area contributed by atoms with Gasteiger partial charge < -0.3 is 15.0 Å². The zero-order chi connectivity index (χ0) is 22.3. The first-order valence-corrected chi connectivity index (χ1v) is 11.9. The lowest BCUT2D eigenvalue weighted by molar-refractivity contribution is -0.121. The predicted molar refractivity (Wildman–Crippen MR) is 126 cm³/mol. The third kappa shape index (κ3) is 5.82. The fourth-order valence-corrected chi connectivity index (χ4v) is 4.82. The Morgan fingerprint density at radius 2 is 1.94 bits per heavy atom. The molecule has 0 aromatic carbocycles.